The van der Waals surface area contributed by atoms with Gasteiger partial charge in [-0.25, -0.2) is 4.98 Å². The topological polar surface area (TPSA) is 74.2 Å². The van der Waals surface area contributed by atoms with Crippen LogP contribution in [0.4, 0.5) is 11.6 Å². The number of pyridine rings is 1. The Labute approximate surface area is 194 Å². The summed E-state index contributed by atoms with van der Waals surface area (Å²) >= 11 is 0. The molecule has 0 amide bonds. The van der Waals surface area contributed by atoms with Crippen LogP contribution in [0.2, 0.25) is 0 Å². The molecule has 5 rings (SSSR count). The molecule has 0 aliphatic carbocycles. The Balaban J connectivity index is 1.33. The molecule has 6 heteroatoms. The summed E-state index contributed by atoms with van der Waals surface area (Å²) in [5, 5.41) is 25.3. The van der Waals surface area contributed by atoms with Crippen LogP contribution in [0.15, 0.2) is 72.9 Å². The van der Waals surface area contributed by atoms with Crippen molar-refractivity contribution in [3.63, 3.8) is 0 Å². The van der Waals surface area contributed by atoms with Crippen molar-refractivity contribution in [1.82, 2.24) is 15.2 Å². The first-order valence-electron chi connectivity index (χ1n) is 11.5. The van der Waals surface area contributed by atoms with Gasteiger partial charge >= 0.3 is 0 Å². The summed E-state index contributed by atoms with van der Waals surface area (Å²) < 4.78 is 0. The smallest absolute Gasteiger partial charge is 0.159 e. The first-order valence-corrected chi connectivity index (χ1v) is 11.5. The molecule has 6 nitrogen and oxygen atoms in total. The number of aliphatic hydroxyl groups is 1. The van der Waals surface area contributed by atoms with Gasteiger partial charge in [0.05, 0.1) is 11.3 Å². The summed E-state index contributed by atoms with van der Waals surface area (Å²) in [6.45, 7) is 5.28. The van der Waals surface area contributed by atoms with Crippen LogP contribution < -0.4 is 10.2 Å². The van der Waals surface area contributed by atoms with Crippen LogP contribution in [0.3, 0.4) is 0 Å². The predicted molar refractivity (Wildman–Crippen MR) is 133 cm³/mol. The predicted octanol–water partition coefficient (Wildman–Crippen LogP) is 4.53. The fraction of sp³-hybridized carbons (Fsp3) is 0.296. The van der Waals surface area contributed by atoms with Crippen LogP contribution in [0, 0.1) is 0 Å². The molecule has 2 N–H and O–H groups in total. The van der Waals surface area contributed by atoms with Crippen molar-refractivity contribution in [2.24, 2.45) is 0 Å². The van der Waals surface area contributed by atoms with Crippen LogP contribution in [-0.2, 0) is 12.0 Å². The molecule has 33 heavy (non-hydrogen) atoms. The Hall–Kier alpha value is -3.51. The van der Waals surface area contributed by atoms with E-state index in [1.807, 2.05) is 18.2 Å². The molecular formula is C27H29N5O. The molecule has 2 aromatic carbocycles. The lowest BCUT2D eigenvalue weighted by atomic mass is 10.0. The number of hydrogen-bond donors (Lipinski definition) is 2. The van der Waals surface area contributed by atoms with Gasteiger partial charge in [0, 0.05) is 48.1 Å². The van der Waals surface area contributed by atoms with E-state index in [4.69, 9.17) is 0 Å². The van der Waals surface area contributed by atoms with E-state index < -0.39 is 5.60 Å². The van der Waals surface area contributed by atoms with E-state index in [9.17, 15) is 5.11 Å². The van der Waals surface area contributed by atoms with Crippen molar-refractivity contribution in [3.05, 3.63) is 89.7 Å². The minimum atomic E-state index is -0.887. The molecule has 3 heterocycles. The van der Waals surface area contributed by atoms with Gasteiger partial charge in [-0.05, 0) is 31.9 Å². The lowest BCUT2D eigenvalue weighted by Gasteiger charge is -2.21. The van der Waals surface area contributed by atoms with Gasteiger partial charge < -0.3 is 15.3 Å². The Morgan fingerprint density at radius 1 is 0.970 bits per heavy atom. The molecule has 1 aliphatic rings. The maximum Gasteiger partial charge on any atom is 0.159 e. The number of nitrogens with one attached hydrogen (secondary N) is 1. The number of fused-ring (bicyclic) bond motifs is 1. The lowest BCUT2D eigenvalue weighted by Crippen LogP contribution is -2.27. The van der Waals surface area contributed by atoms with Crippen LogP contribution in [0.25, 0.3) is 10.8 Å². The van der Waals surface area contributed by atoms with Gasteiger partial charge in [-0.2, -0.15) is 5.10 Å². The molecule has 0 bridgehead atoms. The van der Waals surface area contributed by atoms with E-state index in [0.717, 1.165) is 59.6 Å². The van der Waals surface area contributed by atoms with Crippen LogP contribution in [-0.4, -0.2) is 39.4 Å². The zero-order chi connectivity index (χ0) is 22.8. The zero-order valence-electron chi connectivity index (χ0n) is 19.1. The second-order valence-corrected chi connectivity index (χ2v) is 9.25. The number of nitrogens with zero attached hydrogens (tertiary/aromatic N) is 4. The molecule has 168 valence electrons. The monoisotopic (exact) mass is 439 g/mol. The molecule has 2 aromatic heterocycles. The van der Waals surface area contributed by atoms with Gasteiger partial charge in [-0.3, -0.25) is 0 Å². The van der Waals surface area contributed by atoms with E-state index in [-0.39, 0.29) is 6.04 Å². The number of hydrogen-bond acceptors (Lipinski definition) is 6. The molecule has 1 fully saturated rings. The highest BCUT2D eigenvalue weighted by atomic mass is 16.3. The number of rotatable bonds is 6. The van der Waals surface area contributed by atoms with Crippen molar-refractivity contribution >= 4 is 22.4 Å². The first kappa shape index (κ1) is 21.3. The molecule has 0 saturated carbocycles. The lowest BCUT2D eigenvalue weighted by molar-refractivity contribution is 0.0782. The van der Waals surface area contributed by atoms with Crippen molar-refractivity contribution in [3.8, 4) is 0 Å². The molecule has 1 aliphatic heterocycles. The number of benzene rings is 2. The zero-order valence-corrected chi connectivity index (χ0v) is 19.1. The van der Waals surface area contributed by atoms with Gasteiger partial charge in [0.25, 0.3) is 0 Å². The maximum absolute atomic E-state index is 10.1. The SMILES string of the molecule is CC(C)(O)c1ccc(NC2CCN(c3nnc(Cc4ccccc4)c4ccccc34)C2)nc1. The summed E-state index contributed by atoms with van der Waals surface area (Å²) in [7, 11) is 0. The van der Waals surface area contributed by atoms with Crippen molar-refractivity contribution in [1.29, 1.82) is 0 Å². The highest BCUT2D eigenvalue weighted by Crippen LogP contribution is 2.30. The molecule has 4 aromatic rings. The summed E-state index contributed by atoms with van der Waals surface area (Å²) in [5.41, 5.74) is 2.16. The van der Waals surface area contributed by atoms with E-state index >= 15 is 0 Å². The second-order valence-electron chi connectivity index (χ2n) is 9.25. The average Bonchev–Trinajstić information content (AvgIpc) is 3.28. The molecule has 1 atom stereocenters. The van der Waals surface area contributed by atoms with Gasteiger partial charge in [0.15, 0.2) is 5.82 Å². The van der Waals surface area contributed by atoms with Crippen molar-refractivity contribution in [2.45, 2.75) is 38.3 Å². The first-order chi connectivity index (χ1) is 16.0. The van der Waals surface area contributed by atoms with Crippen LogP contribution >= 0.6 is 0 Å². The molecule has 1 saturated heterocycles. The van der Waals surface area contributed by atoms with Gasteiger partial charge in [0.1, 0.15) is 5.82 Å². The number of anilines is 2. The minimum absolute atomic E-state index is 0.273. The second kappa shape index (κ2) is 8.79. The summed E-state index contributed by atoms with van der Waals surface area (Å²) in [4.78, 5) is 6.80. The van der Waals surface area contributed by atoms with Crippen LogP contribution in [0.5, 0.6) is 0 Å². The van der Waals surface area contributed by atoms with Gasteiger partial charge in [0.2, 0.25) is 0 Å². The molecule has 0 spiro atoms. The summed E-state index contributed by atoms with van der Waals surface area (Å²) in [6, 6.07) is 23.0. The highest BCUT2D eigenvalue weighted by Gasteiger charge is 2.26. The largest absolute Gasteiger partial charge is 0.386 e. The van der Waals surface area contributed by atoms with Crippen molar-refractivity contribution < 1.29 is 5.11 Å². The van der Waals surface area contributed by atoms with Gasteiger partial charge in [-0.15, -0.1) is 5.10 Å². The van der Waals surface area contributed by atoms with Crippen molar-refractivity contribution in [2.75, 3.05) is 23.3 Å². The summed E-state index contributed by atoms with van der Waals surface area (Å²) in [5.74, 6) is 1.76. The molecule has 0 radical (unpaired) electrons. The Morgan fingerprint density at radius 2 is 1.73 bits per heavy atom. The Morgan fingerprint density at radius 3 is 2.45 bits per heavy atom. The van der Waals surface area contributed by atoms with Crippen LogP contribution in [0.1, 0.15) is 37.1 Å². The average molecular weight is 440 g/mol. The third kappa shape index (κ3) is 4.66. The number of aromatic nitrogens is 3. The minimum Gasteiger partial charge on any atom is -0.386 e. The molecular weight excluding hydrogens is 410 g/mol. The third-order valence-corrected chi connectivity index (χ3v) is 6.27. The fourth-order valence-corrected chi connectivity index (χ4v) is 4.42. The highest BCUT2D eigenvalue weighted by molar-refractivity contribution is 5.93. The fourth-order valence-electron chi connectivity index (χ4n) is 4.42. The normalized spacial score (nSPS) is 16.3. The van der Waals surface area contributed by atoms with E-state index in [0.29, 0.717) is 0 Å². The van der Waals surface area contributed by atoms with E-state index in [1.54, 1.807) is 20.0 Å². The third-order valence-electron chi connectivity index (χ3n) is 6.27. The van der Waals surface area contributed by atoms with Gasteiger partial charge in [-0.1, -0.05) is 60.7 Å². The Kier molecular flexibility index (Phi) is 5.68. The quantitative estimate of drug-likeness (QED) is 0.460. The van der Waals surface area contributed by atoms with E-state index in [1.165, 1.54) is 5.56 Å². The standard InChI is InChI=1S/C27H29N5O/c1-27(2,33)20-12-13-25(28-17-20)29-21-14-15-32(18-21)26-23-11-7-6-10-22(23)24(30-31-26)16-19-8-4-3-5-9-19/h3-13,17,21,33H,14-16,18H2,1-2H3,(H,28,29). The van der Waals surface area contributed by atoms with E-state index in [2.05, 4.69) is 73.9 Å². The summed E-state index contributed by atoms with van der Waals surface area (Å²) in [6.07, 6.45) is 3.50. The Bertz CT molecular complexity index is 1240. The maximum atomic E-state index is 10.1. The molecule has 1 unspecified atom stereocenters.